The van der Waals surface area contributed by atoms with E-state index in [0.29, 0.717) is 13.1 Å². The normalized spacial score (nSPS) is 22.8. The number of nitrogens with zero attached hydrogens (tertiary/aromatic N) is 2. The Hall–Kier alpha value is -2.56. The van der Waals surface area contributed by atoms with E-state index in [9.17, 15) is 9.59 Å². The van der Waals surface area contributed by atoms with Gasteiger partial charge in [-0.1, -0.05) is 37.5 Å². The highest BCUT2D eigenvalue weighted by Gasteiger charge is 2.45. The van der Waals surface area contributed by atoms with Crippen molar-refractivity contribution in [1.82, 2.24) is 15.1 Å². The Morgan fingerprint density at radius 2 is 1.76 bits per heavy atom. The Kier molecular flexibility index (Phi) is 5.24. The molecule has 154 valence electrons. The lowest BCUT2D eigenvalue weighted by Crippen LogP contribution is -2.47. The van der Waals surface area contributed by atoms with Crippen LogP contribution in [0.1, 0.15) is 60.4 Å². The maximum Gasteiger partial charge on any atom is 0.322 e. The van der Waals surface area contributed by atoms with Crippen LogP contribution in [0.5, 0.6) is 0 Å². The van der Waals surface area contributed by atoms with Gasteiger partial charge in [0.2, 0.25) is 0 Å². The minimum Gasteiger partial charge on any atom is -0.330 e. The summed E-state index contributed by atoms with van der Waals surface area (Å²) >= 11 is 0. The number of urea groups is 1. The SMILES string of the molecule is C=CCN1C(=O)NC(c2cc(C)c(C)cc2C)C2=C1CN(C1CCCCC1)C2=O. The van der Waals surface area contributed by atoms with Crippen molar-refractivity contribution in [3.8, 4) is 0 Å². The van der Waals surface area contributed by atoms with Crippen molar-refractivity contribution >= 4 is 11.9 Å². The van der Waals surface area contributed by atoms with Gasteiger partial charge in [0.05, 0.1) is 23.9 Å². The topological polar surface area (TPSA) is 52.7 Å². The molecule has 0 saturated heterocycles. The molecule has 4 rings (SSSR count). The zero-order valence-electron chi connectivity index (χ0n) is 17.8. The fourth-order valence-electron chi connectivity index (χ4n) is 5.05. The van der Waals surface area contributed by atoms with Gasteiger partial charge in [-0.2, -0.15) is 0 Å². The van der Waals surface area contributed by atoms with Crippen molar-refractivity contribution in [2.24, 2.45) is 0 Å². The number of hydrogen-bond acceptors (Lipinski definition) is 2. The maximum absolute atomic E-state index is 13.6. The smallest absolute Gasteiger partial charge is 0.322 e. The first-order valence-electron chi connectivity index (χ1n) is 10.7. The van der Waals surface area contributed by atoms with E-state index < -0.39 is 0 Å². The largest absolute Gasteiger partial charge is 0.330 e. The summed E-state index contributed by atoms with van der Waals surface area (Å²) in [5, 5.41) is 3.11. The van der Waals surface area contributed by atoms with Gasteiger partial charge in [-0.25, -0.2) is 4.79 Å². The highest BCUT2D eigenvalue weighted by atomic mass is 16.2. The lowest BCUT2D eigenvalue weighted by atomic mass is 9.89. The standard InChI is InChI=1S/C24H31N3O2/c1-5-11-26-20-14-27(18-9-7-6-8-10-18)23(28)21(20)22(25-24(26)29)19-13-16(3)15(2)12-17(19)4/h5,12-13,18,22H,1,6-11,14H2,2-4H3,(H,25,29). The molecule has 2 aliphatic heterocycles. The van der Waals surface area contributed by atoms with Crippen LogP contribution in [0.4, 0.5) is 4.79 Å². The highest BCUT2D eigenvalue weighted by molar-refractivity contribution is 6.01. The Bertz CT molecular complexity index is 896. The molecule has 2 heterocycles. The lowest BCUT2D eigenvalue weighted by molar-refractivity contribution is -0.128. The predicted molar refractivity (Wildman–Crippen MR) is 114 cm³/mol. The summed E-state index contributed by atoms with van der Waals surface area (Å²) in [6.45, 7) is 11.0. The van der Waals surface area contributed by atoms with Crippen molar-refractivity contribution < 1.29 is 9.59 Å². The lowest BCUT2D eigenvalue weighted by Gasteiger charge is -2.33. The van der Waals surface area contributed by atoms with Crippen LogP contribution in [0.15, 0.2) is 36.1 Å². The van der Waals surface area contributed by atoms with E-state index in [0.717, 1.165) is 35.2 Å². The summed E-state index contributed by atoms with van der Waals surface area (Å²) < 4.78 is 0. The molecule has 1 N–H and O–H groups in total. The third-order valence-electron chi connectivity index (χ3n) is 6.77. The van der Waals surface area contributed by atoms with Gasteiger partial charge in [-0.15, -0.1) is 6.58 Å². The van der Waals surface area contributed by atoms with E-state index in [2.05, 4.69) is 44.8 Å². The molecule has 1 atom stereocenters. The average molecular weight is 394 g/mol. The quantitative estimate of drug-likeness (QED) is 0.776. The molecular weight excluding hydrogens is 362 g/mol. The van der Waals surface area contributed by atoms with Gasteiger partial charge in [0, 0.05) is 12.6 Å². The van der Waals surface area contributed by atoms with E-state index in [1.807, 2.05) is 4.90 Å². The van der Waals surface area contributed by atoms with Crippen molar-refractivity contribution in [1.29, 1.82) is 0 Å². The Morgan fingerprint density at radius 3 is 2.45 bits per heavy atom. The van der Waals surface area contributed by atoms with E-state index in [-0.39, 0.29) is 24.0 Å². The molecule has 0 spiro atoms. The second-order valence-corrected chi connectivity index (χ2v) is 8.66. The fourth-order valence-corrected chi connectivity index (χ4v) is 5.05. The van der Waals surface area contributed by atoms with Gasteiger partial charge in [0.25, 0.3) is 5.91 Å². The minimum atomic E-state index is -0.390. The van der Waals surface area contributed by atoms with E-state index in [4.69, 9.17) is 0 Å². The number of benzene rings is 1. The molecule has 29 heavy (non-hydrogen) atoms. The van der Waals surface area contributed by atoms with Gasteiger partial charge in [0.15, 0.2) is 0 Å². The van der Waals surface area contributed by atoms with Crippen molar-refractivity contribution in [3.05, 3.63) is 58.3 Å². The van der Waals surface area contributed by atoms with Crippen molar-refractivity contribution in [3.63, 3.8) is 0 Å². The molecule has 1 aromatic rings. The molecule has 0 aromatic heterocycles. The van der Waals surface area contributed by atoms with Crippen LogP contribution >= 0.6 is 0 Å². The zero-order chi connectivity index (χ0) is 20.7. The van der Waals surface area contributed by atoms with Crippen molar-refractivity contribution in [2.75, 3.05) is 13.1 Å². The molecular formula is C24H31N3O2. The summed E-state index contributed by atoms with van der Waals surface area (Å²) in [7, 11) is 0. The zero-order valence-corrected chi connectivity index (χ0v) is 17.8. The number of aryl methyl sites for hydroxylation is 3. The van der Waals surface area contributed by atoms with Crippen LogP contribution < -0.4 is 5.32 Å². The third-order valence-corrected chi connectivity index (χ3v) is 6.77. The van der Waals surface area contributed by atoms with Crippen LogP contribution in [0, 0.1) is 20.8 Å². The summed E-state index contributed by atoms with van der Waals surface area (Å²) in [6.07, 6.45) is 7.43. The number of carbonyl (C=O) groups is 2. The van der Waals surface area contributed by atoms with Gasteiger partial charge in [0.1, 0.15) is 0 Å². The van der Waals surface area contributed by atoms with Crippen LogP contribution in [0.25, 0.3) is 0 Å². The number of rotatable bonds is 4. The first-order chi connectivity index (χ1) is 13.9. The van der Waals surface area contributed by atoms with E-state index >= 15 is 0 Å². The summed E-state index contributed by atoms with van der Waals surface area (Å²) in [6, 6.07) is 4.01. The molecule has 1 unspecified atom stereocenters. The first-order valence-corrected chi connectivity index (χ1v) is 10.7. The summed E-state index contributed by atoms with van der Waals surface area (Å²) in [4.78, 5) is 30.3. The molecule has 1 aliphatic carbocycles. The molecule has 0 radical (unpaired) electrons. The van der Waals surface area contributed by atoms with Gasteiger partial charge in [-0.05, 0) is 55.9 Å². The van der Waals surface area contributed by atoms with Crippen LogP contribution in [0.2, 0.25) is 0 Å². The molecule has 3 aliphatic rings. The molecule has 5 nitrogen and oxygen atoms in total. The Labute approximate surface area is 173 Å². The predicted octanol–water partition coefficient (Wildman–Crippen LogP) is 4.29. The number of amides is 3. The number of carbonyl (C=O) groups excluding carboxylic acids is 2. The third kappa shape index (κ3) is 3.37. The number of nitrogens with one attached hydrogen (secondary N) is 1. The van der Waals surface area contributed by atoms with E-state index in [1.54, 1.807) is 11.0 Å². The minimum absolute atomic E-state index is 0.0867. The van der Waals surface area contributed by atoms with Gasteiger partial charge < -0.3 is 10.2 Å². The van der Waals surface area contributed by atoms with Gasteiger partial charge >= 0.3 is 6.03 Å². The monoisotopic (exact) mass is 393 g/mol. The maximum atomic E-state index is 13.6. The van der Waals surface area contributed by atoms with Crippen molar-refractivity contribution in [2.45, 2.75) is 65.0 Å². The second-order valence-electron chi connectivity index (χ2n) is 8.66. The molecule has 0 bridgehead atoms. The summed E-state index contributed by atoms with van der Waals surface area (Å²) in [5.41, 5.74) is 6.11. The molecule has 1 aromatic carbocycles. The van der Waals surface area contributed by atoms with Crippen LogP contribution in [-0.4, -0.2) is 40.9 Å². The molecule has 1 fully saturated rings. The highest BCUT2D eigenvalue weighted by Crippen LogP contribution is 2.40. The average Bonchev–Trinajstić information content (AvgIpc) is 3.05. The molecule has 1 saturated carbocycles. The Morgan fingerprint density at radius 1 is 1.07 bits per heavy atom. The first kappa shape index (κ1) is 19.7. The van der Waals surface area contributed by atoms with Gasteiger partial charge in [-0.3, -0.25) is 9.69 Å². The summed E-state index contributed by atoms with van der Waals surface area (Å²) in [5.74, 6) is 0.0867. The Balaban J connectivity index is 1.77. The number of hydrogen-bond donors (Lipinski definition) is 1. The second kappa shape index (κ2) is 7.69. The van der Waals surface area contributed by atoms with Crippen LogP contribution in [0.3, 0.4) is 0 Å². The fraction of sp³-hybridized carbons (Fsp3) is 0.500. The van der Waals surface area contributed by atoms with Crippen LogP contribution in [-0.2, 0) is 4.79 Å². The molecule has 3 amide bonds. The van der Waals surface area contributed by atoms with E-state index in [1.165, 1.54) is 30.4 Å². The molecule has 5 heteroatoms.